The van der Waals surface area contributed by atoms with Crippen molar-refractivity contribution in [2.75, 3.05) is 43.5 Å². The lowest BCUT2D eigenvalue weighted by molar-refractivity contribution is 0.380. The highest BCUT2D eigenvalue weighted by Crippen LogP contribution is 2.33. The molecule has 2 aromatic rings. The fourth-order valence-corrected chi connectivity index (χ4v) is 3.96. The molecule has 7 heteroatoms. The maximum absolute atomic E-state index is 7.85. The Morgan fingerprint density at radius 2 is 2.00 bits per heavy atom. The van der Waals surface area contributed by atoms with E-state index in [1.165, 1.54) is 23.8 Å². The molecule has 2 aliphatic rings. The van der Waals surface area contributed by atoms with Gasteiger partial charge >= 0.3 is 6.01 Å². The highest BCUT2D eigenvalue weighted by atomic mass is 16.5. The Balaban J connectivity index is 1.67. The molecule has 0 saturated carbocycles. The average Bonchev–Trinajstić information content (AvgIpc) is 2.68. The van der Waals surface area contributed by atoms with E-state index in [0.29, 0.717) is 17.7 Å². The third kappa shape index (κ3) is 3.80. The summed E-state index contributed by atoms with van der Waals surface area (Å²) >= 11 is 0. The number of aromatic nitrogens is 2. The van der Waals surface area contributed by atoms with Gasteiger partial charge < -0.3 is 25.7 Å². The van der Waals surface area contributed by atoms with Crippen LogP contribution in [0.5, 0.6) is 6.01 Å². The quantitative estimate of drug-likeness (QED) is 0.667. The van der Waals surface area contributed by atoms with E-state index < -0.39 is 0 Å². The van der Waals surface area contributed by atoms with Crippen molar-refractivity contribution >= 4 is 23.5 Å². The lowest BCUT2D eigenvalue weighted by Gasteiger charge is -2.32. The minimum atomic E-state index is 0.356. The van der Waals surface area contributed by atoms with Crippen molar-refractivity contribution < 1.29 is 4.74 Å². The molecule has 0 radical (unpaired) electrons. The van der Waals surface area contributed by atoms with Gasteiger partial charge in [-0.2, -0.15) is 9.97 Å². The summed E-state index contributed by atoms with van der Waals surface area (Å²) in [7, 11) is 1.59. The first-order valence-corrected chi connectivity index (χ1v) is 9.98. The predicted octanol–water partition coefficient (Wildman–Crippen LogP) is 3.21. The van der Waals surface area contributed by atoms with Crippen molar-refractivity contribution in [2.45, 2.75) is 32.1 Å². The van der Waals surface area contributed by atoms with E-state index in [1.807, 2.05) is 6.07 Å². The van der Waals surface area contributed by atoms with Gasteiger partial charge in [-0.05, 0) is 68.5 Å². The molecule has 0 amide bonds. The standard InChI is InChI=1S/C21H28N6O/c1-14-10-16(13-22)18(11-17(14)15-4-6-23-7-5-15)24-19-12-20(27-8-3-9-27)26-21(25-19)28-2/h10-13,15,22-23H,3-9H2,1-2H3,(H,24,25,26). The maximum atomic E-state index is 7.85. The molecule has 2 saturated heterocycles. The Labute approximate surface area is 166 Å². The molecule has 2 fully saturated rings. The Morgan fingerprint density at radius 1 is 1.21 bits per heavy atom. The Morgan fingerprint density at radius 3 is 2.64 bits per heavy atom. The van der Waals surface area contributed by atoms with Gasteiger partial charge in [0.1, 0.15) is 11.6 Å². The maximum Gasteiger partial charge on any atom is 0.320 e. The van der Waals surface area contributed by atoms with E-state index in [9.17, 15) is 0 Å². The number of rotatable bonds is 6. The summed E-state index contributed by atoms with van der Waals surface area (Å²) in [5.74, 6) is 2.12. The highest BCUT2D eigenvalue weighted by Gasteiger charge is 2.20. The summed E-state index contributed by atoms with van der Waals surface area (Å²) in [4.78, 5) is 11.1. The van der Waals surface area contributed by atoms with Crippen molar-refractivity contribution in [3.8, 4) is 6.01 Å². The third-order valence-electron chi connectivity index (χ3n) is 5.69. The number of hydrogen-bond acceptors (Lipinski definition) is 7. The van der Waals surface area contributed by atoms with Crippen LogP contribution >= 0.6 is 0 Å². The second kappa shape index (κ2) is 8.14. The van der Waals surface area contributed by atoms with Crippen LogP contribution in [-0.4, -0.2) is 49.5 Å². The second-order valence-corrected chi connectivity index (χ2v) is 7.53. The van der Waals surface area contributed by atoms with Crippen LogP contribution in [-0.2, 0) is 0 Å². The number of nitrogens with zero attached hydrogens (tertiary/aromatic N) is 3. The first-order chi connectivity index (χ1) is 13.7. The smallest absolute Gasteiger partial charge is 0.320 e. The van der Waals surface area contributed by atoms with E-state index in [-0.39, 0.29) is 0 Å². The van der Waals surface area contributed by atoms with Crippen molar-refractivity contribution in [1.82, 2.24) is 15.3 Å². The van der Waals surface area contributed by atoms with Crippen LogP contribution < -0.4 is 20.3 Å². The number of aryl methyl sites for hydroxylation is 1. The van der Waals surface area contributed by atoms with Gasteiger partial charge in [-0.25, -0.2) is 0 Å². The lowest BCUT2D eigenvalue weighted by Crippen LogP contribution is -2.37. The topological polar surface area (TPSA) is 86.2 Å². The summed E-state index contributed by atoms with van der Waals surface area (Å²) < 4.78 is 5.31. The van der Waals surface area contributed by atoms with Crippen molar-refractivity contribution in [3.05, 3.63) is 34.9 Å². The molecular formula is C21H28N6O. The Hall–Kier alpha value is -2.67. The first kappa shape index (κ1) is 18.7. The largest absolute Gasteiger partial charge is 0.467 e. The molecule has 1 aromatic carbocycles. The zero-order chi connectivity index (χ0) is 19.5. The summed E-state index contributed by atoms with van der Waals surface area (Å²) in [6, 6.07) is 6.61. The fourth-order valence-electron chi connectivity index (χ4n) is 3.96. The Kier molecular flexibility index (Phi) is 5.43. The SMILES string of the molecule is COc1nc(Nc2cc(C3CCNCC3)c(C)cc2C=N)cc(N2CCC2)n1. The van der Waals surface area contributed by atoms with E-state index in [1.54, 1.807) is 7.11 Å². The average molecular weight is 380 g/mol. The number of benzene rings is 1. The number of piperidine rings is 1. The minimum absolute atomic E-state index is 0.356. The molecule has 7 nitrogen and oxygen atoms in total. The number of nitrogens with one attached hydrogen (secondary N) is 3. The first-order valence-electron chi connectivity index (χ1n) is 9.98. The van der Waals surface area contributed by atoms with Gasteiger partial charge in [0.05, 0.1) is 7.11 Å². The fraction of sp³-hybridized carbons (Fsp3) is 0.476. The van der Waals surface area contributed by atoms with Crippen molar-refractivity contribution in [2.24, 2.45) is 0 Å². The van der Waals surface area contributed by atoms with Crippen LogP contribution in [0.4, 0.5) is 17.3 Å². The lowest BCUT2D eigenvalue weighted by atomic mass is 9.86. The van der Waals surface area contributed by atoms with Crippen molar-refractivity contribution in [3.63, 3.8) is 0 Å². The minimum Gasteiger partial charge on any atom is -0.467 e. The van der Waals surface area contributed by atoms with Crippen LogP contribution in [0.3, 0.4) is 0 Å². The second-order valence-electron chi connectivity index (χ2n) is 7.53. The van der Waals surface area contributed by atoms with Gasteiger partial charge in [0.25, 0.3) is 0 Å². The van der Waals surface area contributed by atoms with Crippen LogP contribution in [0.1, 0.15) is 41.9 Å². The van der Waals surface area contributed by atoms with E-state index in [0.717, 1.165) is 56.1 Å². The summed E-state index contributed by atoms with van der Waals surface area (Å²) in [6.45, 7) is 6.28. The molecule has 0 atom stereocenters. The Bertz CT molecular complexity index is 858. The normalized spacial score (nSPS) is 17.1. The predicted molar refractivity (Wildman–Crippen MR) is 113 cm³/mol. The van der Waals surface area contributed by atoms with Crippen LogP contribution in [0.15, 0.2) is 18.2 Å². The van der Waals surface area contributed by atoms with Crippen LogP contribution in [0.25, 0.3) is 0 Å². The van der Waals surface area contributed by atoms with Crippen LogP contribution in [0.2, 0.25) is 0 Å². The van der Waals surface area contributed by atoms with Gasteiger partial charge in [0.15, 0.2) is 0 Å². The molecule has 1 aromatic heterocycles. The number of hydrogen-bond donors (Lipinski definition) is 3. The molecule has 0 aliphatic carbocycles. The summed E-state index contributed by atoms with van der Waals surface area (Å²) in [6.07, 6.45) is 4.87. The van der Waals surface area contributed by atoms with Gasteiger partial charge in [-0.1, -0.05) is 0 Å². The molecule has 0 bridgehead atoms. The van der Waals surface area contributed by atoms with Crippen molar-refractivity contribution in [1.29, 1.82) is 5.41 Å². The van der Waals surface area contributed by atoms with Gasteiger partial charge in [-0.15, -0.1) is 0 Å². The number of anilines is 3. The molecule has 4 rings (SSSR count). The third-order valence-corrected chi connectivity index (χ3v) is 5.69. The molecule has 3 heterocycles. The molecular weight excluding hydrogens is 352 g/mol. The van der Waals surface area contributed by atoms with E-state index in [4.69, 9.17) is 10.1 Å². The van der Waals surface area contributed by atoms with Crippen LogP contribution in [0, 0.1) is 12.3 Å². The molecule has 2 aliphatic heterocycles. The molecule has 28 heavy (non-hydrogen) atoms. The summed E-state index contributed by atoms with van der Waals surface area (Å²) in [5, 5.41) is 14.7. The molecule has 0 unspecified atom stereocenters. The monoisotopic (exact) mass is 380 g/mol. The molecule has 3 N–H and O–H groups in total. The zero-order valence-corrected chi connectivity index (χ0v) is 16.6. The van der Waals surface area contributed by atoms with E-state index >= 15 is 0 Å². The molecule has 0 spiro atoms. The number of methoxy groups -OCH3 is 1. The number of ether oxygens (including phenoxy) is 1. The molecule has 148 valence electrons. The van der Waals surface area contributed by atoms with Gasteiger partial charge in [-0.3, -0.25) is 0 Å². The van der Waals surface area contributed by atoms with Gasteiger partial charge in [0.2, 0.25) is 0 Å². The highest BCUT2D eigenvalue weighted by molar-refractivity contribution is 5.88. The van der Waals surface area contributed by atoms with Gasteiger partial charge in [0, 0.05) is 36.6 Å². The zero-order valence-electron chi connectivity index (χ0n) is 16.6. The summed E-state index contributed by atoms with van der Waals surface area (Å²) in [5.41, 5.74) is 4.37. The van der Waals surface area contributed by atoms with E-state index in [2.05, 4.69) is 44.6 Å².